The van der Waals surface area contributed by atoms with Crippen LogP contribution >= 0.6 is 0 Å². The van der Waals surface area contributed by atoms with Crippen LogP contribution < -0.4 is 5.32 Å². The minimum Gasteiger partial charge on any atom is -0.477 e. The van der Waals surface area contributed by atoms with Gasteiger partial charge in [-0.05, 0) is 24.3 Å². The van der Waals surface area contributed by atoms with Crippen LogP contribution in [0.4, 0.5) is 17.1 Å². The first-order valence-electron chi connectivity index (χ1n) is 5.81. The summed E-state index contributed by atoms with van der Waals surface area (Å²) in [5.74, 6) is -1.39. The van der Waals surface area contributed by atoms with E-state index in [4.69, 9.17) is 10.4 Å². The molecule has 0 spiro atoms. The monoisotopic (exact) mass is 283 g/mol. The predicted molar refractivity (Wildman–Crippen MR) is 74.5 cm³/mol. The number of anilines is 2. The number of nitriles is 1. The fourth-order valence-electron chi connectivity index (χ4n) is 1.79. The Kier molecular flexibility index (Phi) is 3.81. The molecule has 0 aliphatic carbocycles. The van der Waals surface area contributed by atoms with E-state index < -0.39 is 22.1 Å². The molecule has 0 amide bonds. The summed E-state index contributed by atoms with van der Waals surface area (Å²) in [5.41, 5.74) is 0.319. The summed E-state index contributed by atoms with van der Waals surface area (Å²) in [5, 5.41) is 31.7. The second-order valence-electron chi connectivity index (χ2n) is 4.08. The van der Waals surface area contributed by atoms with Crippen molar-refractivity contribution in [2.45, 2.75) is 0 Å². The van der Waals surface area contributed by atoms with Crippen molar-refractivity contribution in [3.05, 3.63) is 63.7 Å². The molecule has 7 heteroatoms. The number of carboxylic acid groups (broad SMARTS) is 1. The maximum Gasteiger partial charge on any atom is 0.342 e. The minimum absolute atomic E-state index is 0.348. The van der Waals surface area contributed by atoms with Crippen molar-refractivity contribution < 1.29 is 14.8 Å². The number of nitrogens with one attached hydrogen (secondary N) is 1. The van der Waals surface area contributed by atoms with E-state index >= 15 is 0 Å². The van der Waals surface area contributed by atoms with Crippen LogP contribution in [0.15, 0.2) is 42.5 Å². The molecule has 0 atom stereocenters. The van der Waals surface area contributed by atoms with Crippen molar-refractivity contribution in [2.75, 3.05) is 5.32 Å². The summed E-state index contributed by atoms with van der Waals surface area (Å²) >= 11 is 0. The van der Waals surface area contributed by atoms with E-state index in [1.165, 1.54) is 6.07 Å². The number of rotatable bonds is 4. The Morgan fingerprint density at radius 3 is 2.62 bits per heavy atom. The number of carbonyl (C=O) groups is 1. The van der Waals surface area contributed by atoms with E-state index in [1.807, 2.05) is 6.07 Å². The Labute approximate surface area is 119 Å². The molecule has 0 heterocycles. The number of hydrogen-bond acceptors (Lipinski definition) is 5. The van der Waals surface area contributed by atoms with Crippen LogP contribution in [0.3, 0.4) is 0 Å². The average Bonchev–Trinajstić information content (AvgIpc) is 2.47. The second-order valence-corrected chi connectivity index (χ2v) is 4.08. The molecule has 0 saturated carbocycles. The fourth-order valence-corrected chi connectivity index (χ4v) is 1.79. The van der Waals surface area contributed by atoms with E-state index in [0.29, 0.717) is 16.9 Å². The Bertz CT molecular complexity index is 765. The smallest absolute Gasteiger partial charge is 0.342 e. The third-order valence-electron chi connectivity index (χ3n) is 2.75. The van der Waals surface area contributed by atoms with Gasteiger partial charge in [0.05, 0.1) is 16.2 Å². The quantitative estimate of drug-likeness (QED) is 0.658. The number of benzene rings is 2. The van der Waals surface area contributed by atoms with E-state index in [9.17, 15) is 14.9 Å². The van der Waals surface area contributed by atoms with Gasteiger partial charge in [0.1, 0.15) is 11.6 Å². The Balaban J connectivity index is 2.42. The highest BCUT2D eigenvalue weighted by Gasteiger charge is 2.20. The summed E-state index contributed by atoms with van der Waals surface area (Å²) in [6.45, 7) is 0. The number of carboxylic acids is 1. The van der Waals surface area contributed by atoms with Crippen LogP contribution in [-0.2, 0) is 0 Å². The van der Waals surface area contributed by atoms with Gasteiger partial charge >= 0.3 is 5.97 Å². The maximum absolute atomic E-state index is 11.1. The number of nitro benzene ring substituents is 1. The van der Waals surface area contributed by atoms with Crippen LogP contribution in [0.2, 0.25) is 0 Å². The molecule has 0 unspecified atom stereocenters. The van der Waals surface area contributed by atoms with E-state index in [0.717, 1.165) is 12.1 Å². The van der Waals surface area contributed by atoms with Crippen LogP contribution in [0.5, 0.6) is 0 Å². The number of aromatic carboxylic acids is 1. The number of hydrogen-bond donors (Lipinski definition) is 2. The first kappa shape index (κ1) is 14.0. The molecule has 104 valence electrons. The summed E-state index contributed by atoms with van der Waals surface area (Å²) in [7, 11) is 0. The zero-order valence-corrected chi connectivity index (χ0v) is 10.6. The van der Waals surface area contributed by atoms with Gasteiger partial charge in [-0.2, -0.15) is 5.26 Å². The molecule has 0 fully saturated rings. The standard InChI is InChI=1S/C14H9N3O4/c15-8-9-3-1-2-4-12(9)16-10-5-6-13(17(20)21)11(7-10)14(18)19/h1-7,16H,(H,18,19). The van der Waals surface area contributed by atoms with Crippen molar-refractivity contribution in [1.82, 2.24) is 0 Å². The number of nitro groups is 1. The largest absolute Gasteiger partial charge is 0.477 e. The van der Waals surface area contributed by atoms with Crippen molar-refractivity contribution in [2.24, 2.45) is 0 Å². The van der Waals surface area contributed by atoms with Crippen molar-refractivity contribution in [1.29, 1.82) is 5.26 Å². The zero-order valence-electron chi connectivity index (χ0n) is 10.6. The van der Waals surface area contributed by atoms with Gasteiger partial charge < -0.3 is 10.4 Å². The van der Waals surface area contributed by atoms with Gasteiger partial charge in [-0.15, -0.1) is 0 Å². The number of nitrogens with zero attached hydrogens (tertiary/aromatic N) is 2. The second kappa shape index (κ2) is 5.71. The van der Waals surface area contributed by atoms with Crippen molar-refractivity contribution >= 4 is 23.0 Å². The number of para-hydroxylation sites is 1. The molecule has 2 aromatic carbocycles. The van der Waals surface area contributed by atoms with Crippen molar-refractivity contribution in [3.8, 4) is 6.07 Å². The lowest BCUT2D eigenvalue weighted by Gasteiger charge is -2.08. The zero-order chi connectivity index (χ0) is 15.4. The molecule has 2 rings (SSSR count). The van der Waals surface area contributed by atoms with Gasteiger partial charge in [0.2, 0.25) is 0 Å². The highest BCUT2D eigenvalue weighted by molar-refractivity contribution is 5.94. The molecule has 0 aliphatic rings. The van der Waals surface area contributed by atoms with E-state index in [2.05, 4.69) is 5.32 Å². The van der Waals surface area contributed by atoms with Crippen molar-refractivity contribution in [3.63, 3.8) is 0 Å². The average molecular weight is 283 g/mol. The lowest BCUT2D eigenvalue weighted by Crippen LogP contribution is -2.04. The minimum atomic E-state index is -1.39. The Hall–Kier alpha value is -3.40. The lowest BCUT2D eigenvalue weighted by molar-refractivity contribution is -0.385. The van der Waals surface area contributed by atoms with Crippen LogP contribution in [0, 0.1) is 21.4 Å². The van der Waals surface area contributed by atoms with Gasteiger partial charge in [0, 0.05) is 11.8 Å². The highest BCUT2D eigenvalue weighted by Crippen LogP contribution is 2.26. The van der Waals surface area contributed by atoms with Gasteiger partial charge in [-0.25, -0.2) is 4.79 Å². The Morgan fingerprint density at radius 2 is 2.00 bits per heavy atom. The topological polar surface area (TPSA) is 116 Å². The van der Waals surface area contributed by atoms with Gasteiger partial charge in [0.15, 0.2) is 0 Å². The summed E-state index contributed by atoms with van der Waals surface area (Å²) < 4.78 is 0. The third-order valence-corrected chi connectivity index (χ3v) is 2.75. The van der Waals surface area contributed by atoms with Crippen LogP contribution in [-0.4, -0.2) is 16.0 Å². The molecule has 0 radical (unpaired) electrons. The SMILES string of the molecule is N#Cc1ccccc1Nc1ccc([N+](=O)[O-])c(C(=O)O)c1. The molecule has 2 aromatic rings. The first-order valence-corrected chi connectivity index (χ1v) is 5.81. The van der Waals surface area contributed by atoms with E-state index in [-0.39, 0.29) is 0 Å². The van der Waals surface area contributed by atoms with Crippen LogP contribution in [0.1, 0.15) is 15.9 Å². The van der Waals surface area contributed by atoms with Crippen LogP contribution in [0.25, 0.3) is 0 Å². The molecule has 0 aliphatic heterocycles. The molecule has 0 aromatic heterocycles. The molecular formula is C14H9N3O4. The summed E-state index contributed by atoms with van der Waals surface area (Å²) in [6.07, 6.45) is 0. The van der Waals surface area contributed by atoms with Gasteiger partial charge in [-0.1, -0.05) is 12.1 Å². The molecular weight excluding hydrogens is 274 g/mol. The Morgan fingerprint density at radius 1 is 1.29 bits per heavy atom. The molecule has 21 heavy (non-hydrogen) atoms. The summed E-state index contributed by atoms with van der Waals surface area (Å²) in [6, 6.07) is 12.3. The molecule has 0 bridgehead atoms. The maximum atomic E-state index is 11.1. The summed E-state index contributed by atoms with van der Waals surface area (Å²) in [4.78, 5) is 21.1. The highest BCUT2D eigenvalue weighted by atomic mass is 16.6. The molecule has 2 N–H and O–H groups in total. The first-order chi connectivity index (χ1) is 10.0. The normalized spacial score (nSPS) is 9.67. The molecule has 7 nitrogen and oxygen atoms in total. The van der Waals surface area contributed by atoms with E-state index in [1.54, 1.807) is 24.3 Å². The fraction of sp³-hybridized carbons (Fsp3) is 0. The lowest BCUT2D eigenvalue weighted by atomic mass is 10.1. The van der Waals surface area contributed by atoms with Gasteiger partial charge in [0.25, 0.3) is 5.69 Å². The predicted octanol–water partition coefficient (Wildman–Crippen LogP) is 2.91. The third kappa shape index (κ3) is 2.96. The van der Waals surface area contributed by atoms with Gasteiger partial charge in [-0.3, -0.25) is 10.1 Å². The molecule has 0 saturated heterocycles.